The second-order valence-electron chi connectivity index (χ2n) is 5.12. The summed E-state index contributed by atoms with van der Waals surface area (Å²) in [5.41, 5.74) is 1.18. The predicted molar refractivity (Wildman–Crippen MR) is 75.0 cm³/mol. The summed E-state index contributed by atoms with van der Waals surface area (Å²) in [5, 5.41) is 12.8. The molecular formula is C15H23NO3. The molecule has 0 aliphatic carbocycles. The Bertz CT molecular complexity index is 416. The van der Waals surface area contributed by atoms with Crippen LogP contribution < -0.4 is 5.32 Å². The summed E-state index contributed by atoms with van der Waals surface area (Å²) in [7, 11) is 1.59. The molecule has 106 valence electrons. The molecule has 0 aliphatic heterocycles. The Labute approximate surface area is 114 Å². The third-order valence-corrected chi connectivity index (χ3v) is 3.12. The lowest BCUT2D eigenvalue weighted by molar-refractivity contribution is -0.121. The number of methoxy groups -OCH3 is 1. The van der Waals surface area contributed by atoms with Crippen LogP contribution in [0.15, 0.2) is 24.3 Å². The standard InChI is InChI=1S/C15H23NO3/c1-12-6-4-5-7-13(12)10-14(17)16-11-15(2,18)8-9-19-3/h4-7,18H,8-11H2,1-3H3,(H,16,17). The zero-order valence-electron chi connectivity index (χ0n) is 11.9. The Morgan fingerprint density at radius 2 is 2.11 bits per heavy atom. The lowest BCUT2D eigenvalue weighted by Crippen LogP contribution is -2.41. The van der Waals surface area contributed by atoms with Crippen LogP contribution in [0.25, 0.3) is 0 Å². The Morgan fingerprint density at radius 1 is 1.42 bits per heavy atom. The van der Waals surface area contributed by atoms with Gasteiger partial charge in [-0.1, -0.05) is 24.3 Å². The number of hydrogen-bond donors (Lipinski definition) is 2. The smallest absolute Gasteiger partial charge is 0.224 e. The molecule has 4 heteroatoms. The van der Waals surface area contributed by atoms with Gasteiger partial charge in [0.15, 0.2) is 0 Å². The Balaban J connectivity index is 2.42. The summed E-state index contributed by atoms with van der Waals surface area (Å²) in [4.78, 5) is 11.8. The van der Waals surface area contributed by atoms with Gasteiger partial charge in [0, 0.05) is 26.7 Å². The molecule has 0 aromatic heterocycles. The SMILES string of the molecule is COCCC(C)(O)CNC(=O)Cc1ccccc1C. The highest BCUT2D eigenvalue weighted by atomic mass is 16.5. The van der Waals surface area contributed by atoms with E-state index in [1.807, 2.05) is 31.2 Å². The van der Waals surface area contributed by atoms with Crippen LogP contribution in [-0.4, -0.2) is 36.9 Å². The van der Waals surface area contributed by atoms with Crippen molar-refractivity contribution in [3.05, 3.63) is 35.4 Å². The van der Waals surface area contributed by atoms with Crippen LogP contribution in [-0.2, 0) is 16.0 Å². The van der Waals surface area contributed by atoms with Crippen molar-refractivity contribution in [2.24, 2.45) is 0 Å². The second-order valence-corrected chi connectivity index (χ2v) is 5.12. The van der Waals surface area contributed by atoms with Crippen LogP contribution in [0.1, 0.15) is 24.5 Å². The summed E-state index contributed by atoms with van der Waals surface area (Å²) >= 11 is 0. The van der Waals surface area contributed by atoms with Gasteiger partial charge in [0.1, 0.15) is 0 Å². The molecule has 19 heavy (non-hydrogen) atoms. The van der Waals surface area contributed by atoms with Gasteiger partial charge in [-0.25, -0.2) is 0 Å². The van der Waals surface area contributed by atoms with Crippen molar-refractivity contribution < 1.29 is 14.6 Å². The number of amides is 1. The first-order valence-corrected chi connectivity index (χ1v) is 6.47. The zero-order valence-corrected chi connectivity index (χ0v) is 11.9. The molecular weight excluding hydrogens is 242 g/mol. The Hall–Kier alpha value is -1.39. The molecule has 0 saturated carbocycles. The van der Waals surface area contributed by atoms with Gasteiger partial charge in [0.25, 0.3) is 0 Å². The highest BCUT2D eigenvalue weighted by molar-refractivity contribution is 5.78. The van der Waals surface area contributed by atoms with Gasteiger partial charge in [-0.2, -0.15) is 0 Å². The van der Waals surface area contributed by atoms with Crippen molar-refractivity contribution in [1.82, 2.24) is 5.32 Å². The molecule has 4 nitrogen and oxygen atoms in total. The average molecular weight is 265 g/mol. The minimum atomic E-state index is -0.933. The third kappa shape index (κ3) is 5.85. The van der Waals surface area contributed by atoms with Crippen LogP contribution in [0.3, 0.4) is 0 Å². The summed E-state index contributed by atoms with van der Waals surface area (Å²) in [6, 6.07) is 7.80. The van der Waals surface area contributed by atoms with Crippen molar-refractivity contribution >= 4 is 5.91 Å². The maximum atomic E-state index is 11.8. The summed E-state index contributed by atoms with van der Waals surface area (Å²) in [5.74, 6) is -0.0769. The highest BCUT2D eigenvalue weighted by Crippen LogP contribution is 2.09. The monoisotopic (exact) mass is 265 g/mol. The molecule has 1 rings (SSSR count). The van der Waals surface area contributed by atoms with E-state index in [0.29, 0.717) is 19.4 Å². The van der Waals surface area contributed by atoms with Crippen molar-refractivity contribution in [2.75, 3.05) is 20.3 Å². The van der Waals surface area contributed by atoms with E-state index in [2.05, 4.69) is 5.32 Å². The quantitative estimate of drug-likeness (QED) is 0.784. The summed E-state index contributed by atoms with van der Waals surface area (Å²) in [6.45, 7) is 4.39. The highest BCUT2D eigenvalue weighted by Gasteiger charge is 2.20. The number of aliphatic hydroxyl groups is 1. The first-order valence-electron chi connectivity index (χ1n) is 6.47. The Kier molecular flexibility index (Phi) is 5.99. The normalized spacial score (nSPS) is 13.9. The zero-order chi connectivity index (χ0) is 14.3. The molecule has 1 aromatic carbocycles. The molecule has 1 amide bonds. The van der Waals surface area contributed by atoms with Crippen LogP contribution >= 0.6 is 0 Å². The van der Waals surface area contributed by atoms with Gasteiger partial charge in [0.2, 0.25) is 5.91 Å². The summed E-state index contributed by atoms with van der Waals surface area (Å²) < 4.78 is 4.92. The molecule has 0 spiro atoms. The van der Waals surface area contributed by atoms with Crippen molar-refractivity contribution in [3.8, 4) is 0 Å². The lowest BCUT2D eigenvalue weighted by Gasteiger charge is -2.23. The fourth-order valence-corrected chi connectivity index (χ4v) is 1.74. The van der Waals surface area contributed by atoms with Crippen LogP contribution in [0.5, 0.6) is 0 Å². The summed E-state index contributed by atoms with van der Waals surface area (Å²) in [6.07, 6.45) is 0.834. The van der Waals surface area contributed by atoms with Crippen molar-refractivity contribution in [2.45, 2.75) is 32.3 Å². The number of ether oxygens (including phenoxy) is 1. The van der Waals surface area contributed by atoms with E-state index in [9.17, 15) is 9.90 Å². The van der Waals surface area contributed by atoms with Gasteiger partial charge < -0.3 is 15.2 Å². The molecule has 1 atom stereocenters. The van der Waals surface area contributed by atoms with Crippen molar-refractivity contribution in [3.63, 3.8) is 0 Å². The first-order chi connectivity index (χ1) is 8.94. The van der Waals surface area contributed by atoms with Crippen LogP contribution in [0.4, 0.5) is 0 Å². The number of rotatable bonds is 7. The topological polar surface area (TPSA) is 58.6 Å². The van der Waals surface area contributed by atoms with Gasteiger partial charge in [0.05, 0.1) is 12.0 Å². The number of carbonyl (C=O) groups excluding carboxylic acids is 1. The molecule has 2 N–H and O–H groups in total. The van der Waals surface area contributed by atoms with Crippen molar-refractivity contribution in [1.29, 1.82) is 0 Å². The molecule has 0 radical (unpaired) electrons. The van der Waals surface area contributed by atoms with Crippen LogP contribution in [0, 0.1) is 6.92 Å². The maximum Gasteiger partial charge on any atom is 0.224 e. The number of nitrogens with one attached hydrogen (secondary N) is 1. The first kappa shape index (κ1) is 15.7. The van der Waals surface area contributed by atoms with E-state index in [4.69, 9.17) is 4.74 Å². The Morgan fingerprint density at radius 3 is 2.74 bits per heavy atom. The molecule has 0 fully saturated rings. The van der Waals surface area contributed by atoms with E-state index in [-0.39, 0.29) is 12.5 Å². The largest absolute Gasteiger partial charge is 0.388 e. The minimum absolute atomic E-state index is 0.0769. The number of aryl methyl sites for hydroxylation is 1. The van der Waals surface area contributed by atoms with Gasteiger partial charge >= 0.3 is 0 Å². The van der Waals surface area contributed by atoms with Crippen LogP contribution in [0.2, 0.25) is 0 Å². The van der Waals surface area contributed by atoms with E-state index < -0.39 is 5.60 Å². The fourth-order valence-electron chi connectivity index (χ4n) is 1.74. The molecule has 1 unspecified atom stereocenters. The average Bonchev–Trinajstić information content (AvgIpc) is 2.37. The molecule has 0 aliphatic rings. The molecule has 0 bridgehead atoms. The van der Waals surface area contributed by atoms with E-state index in [1.165, 1.54) is 0 Å². The molecule has 0 heterocycles. The number of benzene rings is 1. The minimum Gasteiger partial charge on any atom is -0.388 e. The second kappa shape index (κ2) is 7.26. The number of hydrogen-bond acceptors (Lipinski definition) is 3. The lowest BCUT2D eigenvalue weighted by atomic mass is 10.0. The van der Waals surface area contributed by atoms with Gasteiger partial charge in [-0.3, -0.25) is 4.79 Å². The van der Waals surface area contributed by atoms with Gasteiger partial charge in [-0.05, 0) is 25.0 Å². The van der Waals surface area contributed by atoms with Gasteiger partial charge in [-0.15, -0.1) is 0 Å². The van der Waals surface area contributed by atoms with E-state index >= 15 is 0 Å². The molecule has 1 aromatic rings. The maximum absolute atomic E-state index is 11.8. The number of carbonyl (C=O) groups is 1. The molecule has 0 saturated heterocycles. The third-order valence-electron chi connectivity index (χ3n) is 3.12. The predicted octanol–water partition coefficient (Wildman–Crippen LogP) is 1.44. The van der Waals surface area contributed by atoms with E-state index in [1.54, 1.807) is 14.0 Å². The fraction of sp³-hybridized carbons (Fsp3) is 0.533. The van der Waals surface area contributed by atoms with E-state index in [0.717, 1.165) is 11.1 Å².